The number of nitrogens with zero attached hydrogens (tertiary/aromatic N) is 3. The van der Waals surface area contributed by atoms with E-state index in [2.05, 4.69) is 20.6 Å². The Hall–Kier alpha value is -3.03. The number of carbonyl (C=O) groups excluding carboxylic acids is 1. The van der Waals surface area contributed by atoms with E-state index >= 15 is 0 Å². The molecule has 8 nitrogen and oxygen atoms in total. The molecule has 2 heterocycles. The Morgan fingerprint density at radius 3 is 2.61 bits per heavy atom. The van der Waals surface area contributed by atoms with Crippen molar-refractivity contribution in [3.05, 3.63) is 36.0 Å². The van der Waals surface area contributed by atoms with E-state index in [0.717, 1.165) is 31.5 Å². The van der Waals surface area contributed by atoms with E-state index in [1.54, 1.807) is 24.4 Å². The molecular formula is C20H25N5O3. The maximum atomic E-state index is 12.5. The molecule has 1 saturated carbocycles. The Morgan fingerprint density at radius 1 is 1.07 bits per heavy atom. The Kier molecular flexibility index (Phi) is 5.18. The standard InChI is InChI=1S/C20H25N5O3/c1-25(2)18-9-10-21-20(24-18)23-15-6-4-14(5-7-15)22-19(26)13-3-8-16-17(11-13)28-12-27-16/h3,8-11,14-15H,4-7,12H2,1-2H3,(H,22,26)(H,21,23,24)/t14-,15+. The summed E-state index contributed by atoms with van der Waals surface area (Å²) in [7, 11) is 3.92. The number of carbonyl (C=O) groups is 1. The molecule has 1 aromatic carbocycles. The van der Waals surface area contributed by atoms with Gasteiger partial charge in [0, 0.05) is 37.9 Å². The molecule has 2 aliphatic rings. The van der Waals surface area contributed by atoms with Crippen molar-refractivity contribution in [2.24, 2.45) is 0 Å². The zero-order chi connectivity index (χ0) is 19.5. The van der Waals surface area contributed by atoms with E-state index in [0.29, 0.717) is 29.1 Å². The molecule has 8 heteroatoms. The number of aromatic nitrogens is 2. The van der Waals surface area contributed by atoms with Crippen LogP contribution in [0.3, 0.4) is 0 Å². The lowest BCUT2D eigenvalue weighted by atomic mass is 9.91. The third-order valence-corrected chi connectivity index (χ3v) is 5.13. The minimum atomic E-state index is -0.0725. The molecule has 0 atom stereocenters. The summed E-state index contributed by atoms with van der Waals surface area (Å²) < 4.78 is 10.6. The Balaban J connectivity index is 1.28. The minimum absolute atomic E-state index is 0.0725. The second kappa shape index (κ2) is 7.92. The predicted molar refractivity (Wildman–Crippen MR) is 106 cm³/mol. The number of hydrogen-bond acceptors (Lipinski definition) is 7. The van der Waals surface area contributed by atoms with E-state index in [4.69, 9.17) is 9.47 Å². The van der Waals surface area contributed by atoms with Gasteiger partial charge in [0.2, 0.25) is 12.7 Å². The van der Waals surface area contributed by atoms with Crippen LogP contribution in [0.2, 0.25) is 0 Å². The van der Waals surface area contributed by atoms with Gasteiger partial charge in [-0.3, -0.25) is 4.79 Å². The molecule has 2 N–H and O–H groups in total. The topological polar surface area (TPSA) is 88.6 Å². The SMILES string of the molecule is CN(C)c1ccnc(N[C@H]2CC[C@@H](NC(=O)c3ccc4c(c3)OCO4)CC2)n1. The van der Waals surface area contributed by atoms with Crippen LogP contribution in [0.4, 0.5) is 11.8 Å². The van der Waals surface area contributed by atoms with Crippen LogP contribution in [0, 0.1) is 0 Å². The van der Waals surface area contributed by atoms with Crippen LogP contribution in [-0.4, -0.2) is 48.8 Å². The van der Waals surface area contributed by atoms with Crippen molar-refractivity contribution in [2.45, 2.75) is 37.8 Å². The molecule has 0 saturated heterocycles. The lowest BCUT2D eigenvalue weighted by Crippen LogP contribution is -2.40. The van der Waals surface area contributed by atoms with Gasteiger partial charge in [0.1, 0.15) is 5.82 Å². The third-order valence-electron chi connectivity index (χ3n) is 5.13. The van der Waals surface area contributed by atoms with Crippen LogP contribution in [0.25, 0.3) is 0 Å². The van der Waals surface area contributed by atoms with Crippen LogP contribution in [-0.2, 0) is 0 Å². The molecule has 1 aromatic heterocycles. The van der Waals surface area contributed by atoms with Gasteiger partial charge in [-0.05, 0) is 49.9 Å². The van der Waals surface area contributed by atoms with Crippen LogP contribution in [0.15, 0.2) is 30.5 Å². The zero-order valence-electron chi connectivity index (χ0n) is 16.1. The highest BCUT2D eigenvalue weighted by atomic mass is 16.7. The van der Waals surface area contributed by atoms with Gasteiger partial charge in [0.15, 0.2) is 11.5 Å². The first kappa shape index (κ1) is 18.3. The van der Waals surface area contributed by atoms with E-state index in [9.17, 15) is 4.79 Å². The number of nitrogens with one attached hydrogen (secondary N) is 2. The number of rotatable bonds is 5. The van der Waals surface area contributed by atoms with Gasteiger partial charge in [-0.25, -0.2) is 4.98 Å². The highest BCUT2D eigenvalue weighted by Crippen LogP contribution is 2.32. The van der Waals surface area contributed by atoms with Crippen molar-refractivity contribution < 1.29 is 14.3 Å². The first-order chi connectivity index (χ1) is 13.6. The normalized spacial score (nSPS) is 20.5. The Morgan fingerprint density at radius 2 is 1.82 bits per heavy atom. The van der Waals surface area contributed by atoms with Crippen molar-refractivity contribution in [1.82, 2.24) is 15.3 Å². The van der Waals surface area contributed by atoms with E-state index < -0.39 is 0 Å². The molecule has 0 bridgehead atoms. The molecule has 2 aromatic rings. The van der Waals surface area contributed by atoms with Gasteiger partial charge in [0.05, 0.1) is 0 Å². The summed E-state index contributed by atoms with van der Waals surface area (Å²) in [4.78, 5) is 23.3. The largest absolute Gasteiger partial charge is 0.454 e. The number of hydrogen-bond donors (Lipinski definition) is 2. The average Bonchev–Trinajstić information content (AvgIpc) is 3.17. The van der Waals surface area contributed by atoms with Crippen molar-refractivity contribution in [3.63, 3.8) is 0 Å². The van der Waals surface area contributed by atoms with Gasteiger partial charge < -0.3 is 25.0 Å². The molecule has 28 heavy (non-hydrogen) atoms. The summed E-state index contributed by atoms with van der Waals surface area (Å²) in [5.74, 6) is 2.77. The monoisotopic (exact) mass is 383 g/mol. The van der Waals surface area contributed by atoms with E-state index in [1.165, 1.54) is 0 Å². The van der Waals surface area contributed by atoms with Gasteiger partial charge in [-0.15, -0.1) is 0 Å². The maximum absolute atomic E-state index is 12.5. The Labute approximate surface area is 164 Å². The number of amides is 1. The number of ether oxygens (including phenoxy) is 2. The predicted octanol–water partition coefficient (Wildman–Crippen LogP) is 2.42. The molecule has 1 aliphatic heterocycles. The highest BCUT2D eigenvalue weighted by molar-refractivity contribution is 5.95. The first-order valence-corrected chi connectivity index (χ1v) is 9.56. The molecule has 1 fully saturated rings. The molecule has 0 radical (unpaired) electrons. The van der Waals surface area contributed by atoms with Crippen LogP contribution >= 0.6 is 0 Å². The van der Waals surface area contributed by atoms with Crippen LogP contribution in [0.1, 0.15) is 36.0 Å². The zero-order valence-corrected chi connectivity index (χ0v) is 16.1. The van der Waals surface area contributed by atoms with Crippen molar-refractivity contribution >= 4 is 17.7 Å². The summed E-state index contributed by atoms with van der Waals surface area (Å²) >= 11 is 0. The molecule has 4 rings (SSSR count). The summed E-state index contributed by atoms with van der Waals surface area (Å²) in [5.41, 5.74) is 0.596. The van der Waals surface area contributed by atoms with Crippen LogP contribution < -0.4 is 25.0 Å². The number of anilines is 2. The quantitative estimate of drug-likeness (QED) is 0.820. The number of benzene rings is 1. The molecule has 1 amide bonds. The third kappa shape index (κ3) is 4.11. The molecule has 148 valence electrons. The van der Waals surface area contributed by atoms with Crippen molar-refractivity contribution in [1.29, 1.82) is 0 Å². The maximum Gasteiger partial charge on any atom is 0.251 e. The van der Waals surface area contributed by atoms with Gasteiger partial charge in [0.25, 0.3) is 5.91 Å². The molecule has 0 spiro atoms. The average molecular weight is 383 g/mol. The van der Waals surface area contributed by atoms with Crippen molar-refractivity contribution in [2.75, 3.05) is 31.1 Å². The van der Waals surface area contributed by atoms with Gasteiger partial charge >= 0.3 is 0 Å². The second-order valence-corrected chi connectivity index (χ2v) is 7.37. The smallest absolute Gasteiger partial charge is 0.251 e. The summed E-state index contributed by atoms with van der Waals surface area (Å²) in [6.07, 6.45) is 5.52. The van der Waals surface area contributed by atoms with Crippen molar-refractivity contribution in [3.8, 4) is 11.5 Å². The molecule has 1 aliphatic carbocycles. The lowest BCUT2D eigenvalue weighted by Gasteiger charge is -2.29. The molecule has 0 unspecified atom stereocenters. The fourth-order valence-corrected chi connectivity index (χ4v) is 3.54. The van der Waals surface area contributed by atoms with E-state index in [1.807, 2.05) is 25.1 Å². The fourth-order valence-electron chi connectivity index (χ4n) is 3.54. The first-order valence-electron chi connectivity index (χ1n) is 9.56. The molecular weight excluding hydrogens is 358 g/mol. The highest BCUT2D eigenvalue weighted by Gasteiger charge is 2.24. The number of fused-ring (bicyclic) bond motifs is 1. The Bertz CT molecular complexity index is 849. The summed E-state index contributed by atoms with van der Waals surface area (Å²) in [6.45, 7) is 0.207. The summed E-state index contributed by atoms with van der Waals surface area (Å²) in [5, 5.41) is 6.55. The lowest BCUT2D eigenvalue weighted by molar-refractivity contribution is 0.0926. The summed E-state index contributed by atoms with van der Waals surface area (Å²) in [6, 6.07) is 7.65. The van der Waals surface area contributed by atoms with Crippen LogP contribution in [0.5, 0.6) is 11.5 Å². The fraction of sp³-hybridized carbons (Fsp3) is 0.450. The van der Waals surface area contributed by atoms with E-state index in [-0.39, 0.29) is 18.7 Å². The second-order valence-electron chi connectivity index (χ2n) is 7.37. The minimum Gasteiger partial charge on any atom is -0.454 e. The van der Waals surface area contributed by atoms with Gasteiger partial charge in [-0.1, -0.05) is 0 Å². The van der Waals surface area contributed by atoms with Gasteiger partial charge in [-0.2, -0.15) is 4.98 Å².